The van der Waals surface area contributed by atoms with Gasteiger partial charge in [0, 0.05) is 45.0 Å². The molecule has 10 nitrogen and oxygen atoms in total. The van der Waals surface area contributed by atoms with Crippen molar-refractivity contribution in [3.8, 4) is 34.5 Å². The normalized spacial score (nSPS) is 13.3. The summed E-state index contributed by atoms with van der Waals surface area (Å²) in [6.45, 7) is 1.38. The Labute approximate surface area is 235 Å². The molecule has 5 rings (SSSR count). The average molecular weight is 570 g/mol. The second kappa shape index (κ2) is 12.1. The third kappa shape index (κ3) is 6.56. The van der Waals surface area contributed by atoms with Crippen molar-refractivity contribution in [1.82, 2.24) is 29.5 Å². The zero-order chi connectivity index (χ0) is 29.0. The summed E-state index contributed by atoms with van der Waals surface area (Å²) in [4.78, 5) is 21.8. The van der Waals surface area contributed by atoms with Crippen molar-refractivity contribution >= 4 is 5.69 Å². The van der Waals surface area contributed by atoms with Crippen molar-refractivity contribution in [2.24, 2.45) is 7.05 Å². The first-order valence-electron chi connectivity index (χ1n) is 13.1. The molecule has 0 amide bonds. The number of nitrogens with zero attached hydrogens (tertiary/aromatic N) is 6. The molecule has 0 unspecified atom stereocenters. The van der Waals surface area contributed by atoms with E-state index in [1.807, 2.05) is 0 Å². The van der Waals surface area contributed by atoms with Crippen LogP contribution in [0.3, 0.4) is 0 Å². The van der Waals surface area contributed by atoms with Crippen molar-refractivity contribution < 1.29 is 27.4 Å². The minimum Gasteiger partial charge on any atom is -0.480 e. The topological polar surface area (TPSA) is 109 Å². The fourth-order valence-electron chi connectivity index (χ4n) is 4.34. The maximum absolute atomic E-state index is 13.1. The highest BCUT2D eigenvalue weighted by molar-refractivity contribution is 5.68. The summed E-state index contributed by atoms with van der Waals surface area (Å²) in [6, 6.07) is 6.99. The number of anilines is 1. The summed E-state index contributed by atoms with van der Waals surface area (Å²) < 4.78 is 57.4. The van der Waals surface area contributed by atoms with E-state index in [9.17, 15) is 13.2 Å². The maximum atomic E-state index is 13.1. The Hall–Kier alpha value is -4.26. The zero-order valence-electron chi connectivity index (χ0n) is 22.9. The number of benzene rings is 1. The number of methoxy groups -OCH3 is 2. The van der Waals surface area contributed by atoms with Crippen LogP contribution in [0, 0.1) is 0 Å². The minimum atomic E-state index is -4.51. The Bertz CT molecular complexity index is 1490. The molecule has 0 saturated heterocycles. The van der Waals surface area contributed by atoms with Crippen molar-refractivity contribution in [3.05, 3.63) is 59.9 Å². The van der Waals surface area contributed by atoms with Crippen LogP contribution < -0.4 is 14.8 Å². The number of aromatic nitrogens is 6. The van der Waals surface area contributed by atoms with Gasteiger partial charge in [-0.2, -0.15) is 18.2 Å². The van der Waals surface area contributed by atoms with Gasteiger partial charge in [0.15, 0.2) is 11.5 Å². The van der Waals surface area contributed by atoms with Gasteiger partial charge in [0.1, 0.15) is 30.0 Å². The predicted molar refractivity (Wildman–Crippen MR) is 145 cm³/mol. The van der Waals surface area contributed by atoms with Crippen LogP contribution in [0.1, 0.15) is 42.1 Å². The first-order chi connectivity index (χ1) is 19.8. The molecule has 216 valence electrons. The highest BCUT2D eigenvalue weighted by atomic mass is 19.4. The van der Waals surface area contributed by atoms with E-state index in [1.165, 1.54) is 17.9 Å². The Kier molecular flexibility index (Phi) is 8.34. The van der Waals surface area contributed by atoms with Crippen molar-refractivity contribution in [1.29, 1.82) is 0 Å². The SMILES string of the molecule is COCCCNc1cnc(-c2c(OC)ncnc2C2CC2)nc1OCc1ccc(-c2nc(C(F)(F)F)cn2C)cc1. The van der Waals surface area contributed by atoms with E-state index in [0.717, 1.165) is 36.7 Å². The summed E-state index contributed by atoms with van der Waals surface area (Å²) >= 11 is 0. The van der Waals surface area contributed by atoms with Gasteiger partial charge >= 0.3 is 6.18 Å². The van der Waals surface area contributed by atoms with Crippen LogP contribution in [0.2, 0.25) is 0 Å². The van der Waals surface area contributed by atoms with Gasteiger partial charge in [-0.25, -0.2) is 19.9 Å². The Morgan fingerprint density at radius 1 is 1.02 bits per heavy atom. The number of rotatable bonds is 12. The lowest BCUT2D eigenvalue weighted by Gasteiger charge is -2.15. The summed E-state index contributed by atoms with van der Waals surface area (Å²) in [6.07, 6.45) is 2.44. The first-order valence-corrected chi connectivity index (χ1v) is 13.1. The second-order valence-corrected chi connectivity index (χ2v) is 9.65. The molecule has 3 aromatic heterocycles. The third-order valence-electron chi connectivity index (χ3n) is 6.57. The van der Waals surface area contributed by atoms with Crippen LogP contribution in [0.4, 0.5) is 18.9 Å². The van der Waals surface area contributed by atoms with Crippen molar-refractivity contribution in [2.75, 3.05) is 32.7 Å². The number of nitrogens with one attached hydrogen (secondary N) is 1. The Morgan fingerprint density at radius 3 is 2.46 bits per heavy atom. The third-order valence-corrected chi connectivity index (χ3v) is 6.57. The quantitative estimate of drug-likeness (QED) is 0.228. The largest absolute Gasteiger partial charge is 0.480 e. The van der Waals surface area contributed by atoms with Gasteiger partial charge in [-0.3, -0.25) is 0 Å². The molecular formula is C28H30F3N7O3. The molecule has 1 N–H and O–H groups in total. The number of halogens is 3. The van der Waals surface area contributed by atoms with E-state index < -0.39 is 11.9 Å². The summed E-state index contributed by atoms with van der Waals surface area (Å²) in [7, 11) is 4.72. The molecule has 4 aromatic rings. The molecule has 41 heavy (non-hydrogen) atoms. The fourth-order valence-corrected chi connectivity index (χ4v) is 4.34. The predicted octanol–water partition coefficient (Wildman–Crippen LogP) is 5.27. The monoisotopic (exact) mass is 569 g/mol. The van der Waals surface area contributed by atoms with E-state index in [2.05, 4.69) is 25.3 Å². The van der Waals surface area contributed by atoms with E-state index >= 15 is 0 Å². The number of ether oxygens (including phenoxy) is 3. The number of hydrogen-bond donors (Lipinski definition) is 1. The number of hydrogen-bond acceptors (Lipinski definition) is 9. The lowest BCUT2D eigenvalue weighted by atomic mass is 10.1. The molecule has 3 heterocycles. The molecule has 1 aliphatic carbocycles. The average Bonchev–Trinajstić information content (AvgIpc) is 3.74. The van der Waals surface area contributed by atoms with Gasteiger partial charge in [-0.15, -0.1) is 0 Å². The highest BCUT2D eigenvalue weighted by Crippen LogP contribution is 2.45. The van der Waals surface area contributed by atoms with Crippen LogP contribution >= 0.6 is 0 Å². The van der Waals surface area contributed by atoms with Gasteiger partial charge in [-0.05, 0) is 24.8 Å². The molecule has 1 aliphatic rings. The molecule has 0 atom stereocenters. The summed E-state index contributed by atoms with van der Waals surface area (Å²) in [5.41, 5.74) is 2.52. The zero-order valence-corrected chi connectivity index (χ0v) is 22.9. The number of alkyl halides is 3. The van der Waals surface area contributed by atoms with E-state index in [4.69, 9.17) is 19.2 Å². The van der Waals surface area contributed by atoms with Gasteiger partial charge < -0.3 is 24.1 Å². The second-order valence-electron chi connectivity index (χ2n) is 9.65. The minimum absolute atomic E-state index is 0.162. The lowest BCUT2D eigenvalue weighted by Crippen LogP contribution is -2.10. The van der Waals surface area contributed by atoms with Crippen LogP contribution in [-0.4, -0.2) is 56.9 Å². The Morgan fingerprint density at radius 2 is 1.80 bits per heavy atom. The van der Waals surface area contributed by atoms with Crippen LogP contribution in [0.5, 0.6) is 11.8 Å². The number of aryl methyl sites for hydroxylation is 1. The fraction of sp³-hybridized carbons (Fsp3) is 0.393. The summed E-state index contributed by atoms with van der Waals surface area (Å²) in [5.74, 6) is 1.66. The first kappa shape index (κ1) is 28.3. The van der Waals surface area contributed by atoms with Gasteiger partial charge in [-0.1, -0.05) is 24.3 Å². The van der Waals surface area contributed by atoms with Gasteiger partial charge in [0.05, 0.1) is 19.0 Å². The highest BCUT2D eigenvalue weighted by Gasteiger charge is 2.34. The van der Waals surface area contributed by atoms with Gasteiger partial charge in [0.2, 0.25) is 11.8 Å². The molecular weight excluding hydrogens is 539 g/mol. The smallest absolute Gasteiger partial charge is 0.434 e. The summed E-state index contributed by atoms with van der Waals surface area (Å²) in [5, 5.41) is 3.30. The molecule has 0 radical (unpaired) electrons. The molecule has 0 bridgehead atoms. The molecule has 1 aromatic carbocycles. The standard InChI is InChI=1S/C28H30F3N7O3/c1-38-14-21(28(29,30)31)36-25(38)19-7-5-17(6-8-19)15-41-26-20(32-11-4-12-39-2)13-33-24(37-26)22-23(18-9-10-18)34-16-35-27(22)40-3/h5-8,13-14,16,18,32H,4,9-12,15H2,1-3H3. The molecule has 1 fully saturated rings. The Balaban J connectivity index is 1.39. The lowest BCUT2D eigenvalue weighted by molar-refractivity contribution is -0.140. The van der Waals surface area contributed by atoms with Crippen LogP contribution in [-0.2, 0) is 24.6 Å². The van der Waals surface area contributed by atoms with Crippen LogP contribution in [0.15, 0.2) is 43.0 Å². The van der Waals surface area contributed by atoms with Crippen LogP contribution in [0.25, 0.3) is 22.8 Å². The van der Waals surface area contributed by atoms with E-state index in [1.54, 1.807) is 44.7 Å². The molecule has 13 heteroatoms. The number of imidazole rings is 1. The maximum Gasteiger partial charge on any atom is 0.434 e. The van der Waals surface area contributed by atoms with Crippen molar-refractivity contribution in [3.63, 3.8) is 0 Å². The van der Waals surface area contributed by atoms with Gasteiger partial charge in [0.25, 0.3) is 0 Å². The molecule has 0 spiro atoms. The van der Waals surface area contributed by atoms with Crippen molar-refractivity contribution in [2.45, 2.75) is 38.0 Å². The molecule has 1 saturated carbocycles. The molecule has 0 aliphatic heterocycles. The van der Waals surface area contributed by atoms with E-state index in [-0.39, 0.29) is 12.4 Å². The van der Waals surface area contributed by atoms with E-state index in [0.29, 0.717) is 53.5 Å².